The van der Waals surface area contributed by atoms with Crippen molar-refractivity contribution in [3.05, 3.63) is 59.8 Å². The molecule has 1 aliphatic heterocycles. The van der Waals surface area contributed by atoms with E-state index in [9.17, 15) is 14.4 Å². The van der Waals surface area contributed by atoms with E-state index in [1.807, 2.05) is 0 Å². The first-order valence-electron chi connectivity index (χ1n) is 13.6. The van der Waals surface area contributed by atoms with Gasteiger partial charge in [0, 0.05) is 30.4 Å². The number of hydrogen-bond acceptors (Lipinski definition) is 5. The van der Waals surface area contributed by atoms with Crippen LogP contribution in [0.4, 0.5) is 10.6 Å². The van der Waals surface area contributed by atoms with E-state index in [-0.39, 0.29) is 40.9 Å². The molecule has 1 spiro atoms. The van der Waals surface area contributed by atoms with Gasteiger partial charge in [-0.3, -0.25) is 14.5 Å². The lowest BCUT2D eigenvalue weighted by molar-refractivity contribution is -0.116. The molecule has 3 aliphatic rings. The summed E-state index contributed by atoms with van der Waals surface area (Å²) >= 11 is 0. The van der Waals surface area contributed by atoms with Crippen molar-refractivity contribution in [1.29, 1.82) is 0 Å². The quantitative estimate of drug-likeness (QED) is 0.556. The van der Waals surface area contributed by atoms with E-state index in [0.717, 1.165) is 45.1 Å². The number of pyridine rings is 1. The van der Waals surface area contributed by atoms with Crippen LogP contribution in [0.15, 0.2) is 48.7 Å². The van der Waals surface area contributed by atoms with Crippen LogP contribution in [0.1, 0.15) is 60.9 Å². The van der Waals surface area contributed by atoms with Crippen molar-refractivity contribution in [3.63, 3.8) is 0 Å². The largest absolute Gasteiger partial charge is 0.366 e. The second kappa shape index (κ2) is 10.4. The molecule has 1 saturated heterocycles. The van der Waals surface area contributed by atoms with Gasteiger partial charge in [-0.15, -0.1) is 0 Å². The lowest BCUT2D eigenvalue weighted by atomic mass is 9.68. The molecule has 38 heavy (non-hydrogen) atoms. The third-order valence-corrected chi connectivity index (χ3v) is 9.05. The summed E-state index contributed by atoms with van der Waals surface area (Å²) < 4.78 is 0. The third-order valence-electron chi connectivity index (χ3n) is 9.05. The molecule has 202 valence electrons. The molecule has 5 rings (SSSR count). The molecule has 3 fully saturated rings. The third kappa shape index (κ3) is 4.87. The van der Waals surface area contributed by atoms with Gasteiger partial charge in [-0.25, -0.2) is 9.78 Å². The van der Waals surface area contributed by atoms with Gasteiger partial charge in [-0.05, 0) is 76.2 Å². The second-order valence-electron chi connectivity index (χ2n) is 11.4. The Morgan fingerprint density at radius 3 is 2.42 bits per heavy atom. The van der Waals surface area contributed by atoms with Gasteiger partial charge in [0.2, 0.25) is 11.8 Å². The van der Waals surface area contributed by atoms with Gasteiger partial charge in [0.25, 0.3) is 0 Å². The maximum absolute atomic E-state index is 13.7. The van der Waals surface area contributed by atoms with Gasteiger partial charge < -0.3 is 20.9 Å². The molecule has 0 unspecified atom stereocenters. The number of rotatable bonds is 8. The Balaban J connectivity index is 1.33. The number of aromatic nitrogens is 1. The summed E-state index contributed by atoms with van der Waals surface area (Å²) in [5.74, 6) is -0.140. The number of hydrogen-bond donors (Lipinski definition) is 2. The van der Waals surface area contributed by atoms with Gasteiger partial charge in [0.15, 0.2) is 0 Å². The molecule has 2 saturated carbocycles. The van der Waals surface area contributed by atoms with E-state index < -0.39 is 5.91 Å². The highest BCUT2D eigenvalue weighted by Gasteiger charge is 2.55. The highest BCUT2D eigenvalue weighted by atomic mass is 16.2. The minimum atomic E-state index is -0.590. The van der Waals surface area contributed by atoms with E-state index in [1.54, 1.807) is 4.90 Å². The molecule has 3 N–H and O–H groups in total. The van der Waals surface area contributed by atoms with Crippen LogP contribution in [0.5, 0.6) is 0 Å². The lowest BCUT2D eigenvalue weighted by Gasteiger charge is -2.51. The smallest absolute Gasteiger partial charge is 0.321 e. The number of benzene rings is 1. The van der Waals surface area contributed by atoms with Crippen molar-refractivity contribution in [2.45, 2.75) is 56.0 Å². The van der Waals surface area contributed by atoms with E-state index in [1.165, 1.54) is 30.3 Å². The summed E-state index contributed by atoms with van der Waals surface area (Å²) in [5, 5.41) is 2.73. The second-order valence-corrected chi connectivity index (χ2v) is 11.4. The SMILES string of the molecule is CN(C)[C@]1(c2ccccc2)CC[C@@]2(CC1)CN(CC(=O)Nc1cc(C(N)=O)ccn1)C(=O)N2CC1CCC1. The molecule has 0 radical (unpaired) electrons. The molecule has 9 heteroatoms. The summed E-state index contributed by atoms with van der Waals surface area (Å²) in [6, 6.07) is 13.6. The van der Waals surface area contributed by atoms with Gasteiger partial charge in [-0.1, -0.05) is 36.8 Å². The molecular weight excluding hydrogens is 480 g/mol. The van der Waals surface area contributed by atoms with Gasteiger partial charge in [0.05, 0.1) is 5.54 Å². The number of anilines is 1. The van der Waals surface area contributed by atoms with Crippen molar-refractivity contribution in [3.8, 4) is 0 Å². The van der Waals surface area contributed by atoms with Crippen molar-refractivity contribution < 1.29 is 14.4 Å². The fraction of sp³-hybridized carbons (Fsp3) is 0.517. The average Bonchev–Trinajstić information content (AvgIpc) is 3.12. The number of amides is 4. The Morgan fingerprint density at radius 2 is 1.82 bits per heavy atom. The van der Waals surface area contributed by atoms with Crippen molar-refractivity contribution >= 4 is 23.7 Å². The van der Waals surface area contributed by atoms with E-state index >= 15 is 0 Å². The summed E-state index contributed by atoms with van der Waals surface area (Å²) in [5.41, 5.74) is 6.59. The Labute approximate surface area is 224 Å². The van der Waals surface area contributed by atoms with Gasteiger partial charge in [-0.2, -0.15) is 0 Å². The fourth-order valence-corrected chi connectivity index (χ4v) is 6.52. The van der Waals surface area contributed by atoms with Crippen LogP contribution in [0.3, 0.4) is 0 Å². The highest BCUT2D eigenvalue weighted by Crippen LogP contribution is 2.49. The molecule has 2 aromatic rings. The summed E-state index contributed by atoms with van der Waals surface area (Å²) in [7, 11) is 4.30. The van der Waals surface area contributed by atoms with Crippen LogP contribution in [0.25, 0.3) is 0 Å². The van der Waals surface area contributed by atoms with Crippen LogP contribution in [0, 0.1) is 5.92 Å². The summed E-state index contributed by atoms with van der Waals surface area (Å²) in [4.78, 5) is 48.4. The zero-order valence-corrected chi connectivity index (χ0v) is 22.4. The molecule has 9 nitrogen and oxygen atoms in total. The Morgan fingerprint density at radius 1 is 1.11 bits per heavy atom. The number of primary amides is 1. The average molecular weight is 519 g/mol. The van der Waals surface area contributed by atoms with E-state index in [2.05, 4.69) is 64.5 Å². The van der Waals surface area contributed by atoms with Crippen LogP contribution < -0.4 is 11.1 Å². The van der Waals surface area contributed by atoms with Gasteiger partial charge >= 0.3 is 6.03 Å². The zero-order chi connectivity index (χ0) is 26.9. The number of nitrogens with two attached hydrogens (primary N) is 1. The Hall–Kier alpha value is -3.46. The number of nitrogens with one attached hydrogen (secondary N) is 1. The molecular formula is C29H38N6O3. The molecule has 2 aliphatic carbocycles. The highest BCUT2D eigenvalue weighted by molar-refractivity contribution is 5.97. The van der Waals surface area contributed by atoms with Crippen molar-refractivity contribution in [2.75, 3.05) is 39.0 Å². The Kier molecular flexibility index (Phi) is 7.13. The first-order valence-corrected chi connectivity index (χ1v) is 13.6. The Bertz CT molecular complexity index is 1190. The van der Waals surface area contributed by atoms with Gasteiger partial charge in [0.1, 0.15) is 12.4 Å². The monoisotopic (exact) mass is 518 g/mol. The molecule has 0 bridgehead atoms. The number of carbonyl (C=O) groups is 3. The van der Waals surface area contributed by atoms with Crippen molar-refractivity contribution in [2.24, 2.45) is 11.7 Å². The molecule has 2 heterocycles. The minimum Gasteiger partial charge on any atom is -0.366 e. The fourth-order valence-electron chi connectivity index (χ4n) is 6.52. The molecule has 1 aromatic heterocycles. The first kappa shape index (κ1) is 26.2. The maximum Gasteiger partial charge on any atom is 0.321 e. The van der Waals surface area contributed by atoms with Crippen molar-refractivity contribution in [1.82, 2.24) is 19.7 Å². The predicted molar refractivity (Wildman–Crippen MR) is 145 cm³/mol. The van der Waals surface area contributed by atoms with Crippen LogP contribution in [-0.2, 0) is 10.3 Å². The zero-order valence-electron chi connectivity index (χ0n) is 22.4. The predicted octanol–water partition coefficient (Wildman–Crippen LogP) is 3.43. The summed E-state index contributed by atoms with van der Waals surface area (Å²) in [6.45, 7) is 1.25. The number of nitrogens with zero attached hydrogens (tertiary/aromatic N) is 4. The minimum absolute atomic E-state index is 0.0528. The van der Waals surface area contributed by atoms with E-state index in [0.29, 0.717) is 12.5 Å². The molecule has 4 amide bonds. The van der Waals surface area contributed by atoms with E-state index in [4.69, 9.17) is 5.73 Å². The van der Waals surface area contributed by atoms with Crippen LogP contribution >= 0.6 is 0 Å². The number of urea groups is 1. The summed E-state index contributed by atoms with van der Waals surface area (Å²) in [6.07, 6.45) is 8.64. The number of carbonyl (C=O) groups excluding carboxylic acids is 3. The van der Waals surface area contributed by atoms with Crippen LogP contribution in [0.2, 0.25) is 0 Å². The molecule has 1 aromatic carbocycles. The lowest BCUT2D eigenvalue weighted by Crippen LogP contribution is -2.56. The normalized spacial score (nSPS) is 25.6. The molecule has 0 atom stereocenters. The first-order chi connectivity index (χ1) is 18.2. The maximum atomic E-state index is 13.7. The standard InChI is InChI=1S/C29H38N6O3/c1-33(2)29(23-9-4-3-5-10-23)14-12-28(13-15-29)20-34(27(38)35(28)18-21-7-6-8-21)19-25(36)32-24-17-22(26(30)37)11-16-31-24/h3-5,9-11,16-17,21H,6-8,12-15,18-20H2,1-2H3,(H2,30,37)(H,31,32,36)/t28-,29-. The van der Waals surface area contributed by atoms with Crippen LogP contribution in [-0.4, -0.2) is 76.8 Å². The topological polar surface area (TPSA) is 112 Å².